The summed E-state index contributed by atoms with van der Waals surface area (Å²) in [7, 11) is 1.78. The molecule has 5 nitrogen and oxygen atoms in total. The molecule has 1 atom stereocenters. The monoisotopic (exact) mass is 249 g/mol. The van der Waals surface area contributed by atoms with E-state index in [1.54, 1.807) is 25.5 Å². The molecule has 0 spiro atoms. The number of piperidine rings is 1. The average Bonchev–Trinajstić information content (AvgIpc) is 2.46. The number of anilines is 1. The summed E-state index contributed by atoms with van der Waals surface area (Å²) < 4.78 is 0. The number of rotatable bonds is 3. The average molecular weight is 249 g/mol. The molecule has 1 aromatic rings. The largest absolute Gasteiger partial charge is 0.396 e. The summed E-state index contributed by atoms with van der Waals surface area (Å²) >= 11 is 0. The molecule has 1 unspecified atom stereocenters. The van der Waals surface area contributed by atoms with Gasteiger partial charge >= 0.3 is 0 Å². The molecular weight excluding hydrogens is 230 g/mol. The lowest BCUT2D eigenvalue weighted by Gasteiger charge is -2.32. The van der Waals surface area contributed by atoms with Crippen LogP contribution in [-0.4, -0.2) is 47.6 Å². The molecule has 1 aromatic heterocycles. The van der Waals surface area contributed by atoms with E-state index in [1.807, 2.05) is 4.90 Å². The number of amides is 1. The van der Waals surface area contributed by atoms with E-state index in [0.717, 1.165) is 25.1 Å². The fourth-order valence-electron chi connectivity index (χ4n) is 2.35. The summed E-state index contributed by atoms with van der Waals surface area (Å²) in [6.07, 6.45) is 5.23. The Bertz CT molecular complexity index is 422. The Hall–Kier alpha value is -1.62. The molecule has 0 aromatic carbocycles. The van der Waals surface area contributed by atoms with Crippen molar-refractivity contribution in [2.45, 2.75) is 12.8 Å². The lowest BCUT2D eigenvalue weighted by Crippen LogP contribution is -2.41. The summed E-state index contributed by atoms with van der Waals surface area (Å²) in [5.74, 6) is 0.225. The van der Waals surface area contributed by atoms with Gasteiger partial charge in [-0.2, -0.15) is 0 Å². The Kier molecular flexibility index (Phi) is 4.15. The van der Waals surface area contributed by atoms with Gasteiger partial charge in [-0.25, -0.2) is 0 Å². The van der Waals surface area contributed by atoms with E-state index in [9.17, 15) is 9.90 Å². The van der Waals surface area contributed by atoms with Crippen LogP contribution in [0.5, 0.6) is 0 Å². The Morgan fingerprint density at radius 3 is 3.22 bits per heavy atom. The third kappa shape index (κ3) is 2.61. The van der Waals surface area contributed by atoms with E-state index in [2.05, 4.69) is 10.3 Å². The standard InChI is InChI=1S/C13H19N3O2/c1-14-12-7-15-5-4-11(12)13(18)16-6-2-3-10(8-16)9-17/h4-5,7,10,14,17H,2-3,6,8-9H2,1H3. The van der Waals surface area contributed by atoms with Gasteiger partial charge in [-0.1, -0.05) is 0 Å². The topological polar surface area (TPSA) is 65.5 Å². The summed E-state index contributed by atoms with van der Waals surface area (Å²) in [6, 6.07) is 1.73. The second kappa shape index (κ2) is 5.82. The lowest BCUT2D eigenvalue weighted by atomic mass is 9.98. The second-order valence-corrected chi connectivity index (χ2v) is 4.61. The van der Waals surface area contributed by atoms with Crippen LogP contribution in [0.3, 0.4) is 0 Å². The molecule has 1 amide bonds. The van der Waals surface area contributed by atoms with Crippen molar-refractivity contribution in [1.29, 1.82) is 0 Å². The highest BCUT2D eigenvalue weighted by atomic mass is 16.3. The van der Waals surface area contributed by atoms with Crippen LogP contribution < -0.4 is 5.32 Å². The van der Waals surface area contributed by atoms with E-state index in [1.165, 1.54) is 0 Å². The van der Waals surface area contributed by atoms with E-state index >= 15 is 0 Å². The number of nitrogens with zero attached hydrogens (tertiary/aromatic N) is 2. The van der Waals surface area contributed by atoms with Crippen LogP contribution in [0.2, 0.25) is 0 Å². The molecule has 2 heterocycles. The van der Waals surface area contributed by atoms with Crippen LogP contribution in [0.25, 0.3) is 0 Å². The van der Waals surface area contributed by atoms with Gasteiger partial charge in [0.25, 0.3) is 5.91 Å². The maximum Gasteiger partial charge on any atom is 0.256 e. The second-order valence-electron chi connectivity index (χ2n) is 4.61. The van der Waals surface area contributed by atoms with Crippen LogP contribution in [0.4, 0.5) is 5.69 Å². The third-order valence-corrected chi connectivity index (χ3v) is 3.39. The molecule has 98 valence electrons. The summed E-state index contributed by atoms with van der Waals surface area (Å²) in [5, 5.41) is 12.2. The molecule has 1 saturated heterocycles. The SMILES string of the molecule is CNc1cnccc1C(=O)N1CCCC(CO)C1. The molecule has 5 heteroatoms. The van der Waals surface area contributed by atoms with Gasteiger partial charge in [0.2, 0.25) is 0 Å². The van der Waals surface area contributed by atoms with E-state index in [4.69, 9.17) is 0 Å². The third-order valence-electron chi connectivity index (χ3n) is 3.39. The van der Waals surface area contributed by atoms with Crippen LogP contribution >= 0.6 is 0 Å². The number of carbonyl (C=O) groups is 1. The first-order valence-electron chi connectivity index (χ1n) is 6.28. The van der Waals surface area contributed by atoms with Crippen LogP contribution in [0, 0.1) is 5.92 Å². The lowest BCUT2D eigenvalue weighted by molar-refractivity contribution is 0.0621. The summed E-state index contributed by atoms with van der Waals surface area (Å²) in [5.41, 5.74) is 1.39. The van der Waals surface area contributed by atoms with Gasteiger partial charge in [0, 0.05) is 32.9 Å². The first-order chi connectivity index (χ1) is 8.76. The molecule has 1 aliphatic heterocycles. The van der Waals surface area contributed by atoms with Crippen molar-refractivity contribution in [3.05, 3.63) is 24.0 Å². The number of aromatic nitrogens is 1. The van der Waals surface area contributed by atoms with Gasteiger partial charge in [0.05, 0.1) is 17.4 Å². The fraction of sp³-hybridized carbons (Fsp3) is 0.538. The number of likely N-dealkylation sites (tertiary alicyclic amines) is 1. The van der Waals surface area contributed by atoms with Crippen molar-refractivity contribution in [2.75, 3.05) is 32.1 Å². The normalized spacial score (nSPS) is 19.7. The predicted molar refractivity (Wildman–Crippen MR) is 69.5 cm³/mol. The zero-order chi connectivity index (χ0) is 13.0. The van der Waals surface area contributed by atoms with Crippen molar-refractivity contribution in [1.82, 2.24) is 9.88 Å². The minimum absolute atomic E-state index is 0.0138. The van der Waals surface area contributed by atoms with Crippen LogP contribution in [0.1, 0.15) is 23.2 Å². The van der Waals surface area contributed by atoms with Gasteiger partial charge < -0.3 is 15.3 Å². The highest BCUT2D eigenvalue weighted by molar-refractivity contribution is 5.99. The number of aliphatic hydroxyl groups excluding tert-OH is 1. The molecule has 1 aliphatic rings. The predicted octanol–water partition coefficient (Wildman–Crippen LogP) is 0.968. The van der Waals surface area contributed by atoms with Gasteiger partial charge in [-0.15, -0.1) is 0 Å². The molecule has 2 rings (SSSR count). The van der Waals surface area contributed by atoms with Crippen molar-refractivity contribution in [3.8, 4) is 0 Å². The zero-order valence-corrected chi connectivity index (χ0v) is 10.6. The highest BCUT2D eigenvalue weighted by Crippen LogP contribution is 2.21. The Balaban J connectivity index is 2.15. The van der Waals surface area contributed by atoms with Crippen molar-refractivity contribution < 1.29 is 9.90 Å². The number of carbonyl (C=O) groups excluding carboxylic acids is 1. The molecule has 1 fully saturated rings. The van der Waals surface area contributed by atoms with Crippen LogP contribution in [0.15, 0.2) is 18.5 Å². The summed E-state index contributed by atoms with van der Waals surface area (Å²) in [6.45, 7) is 1.56. The van der Waals surface area contributed by atoms with E-state index in [0.29, 0.717) is 12.1 Å². The highest BCUT2D eigenvalue weighted by Gasteiger charge is 2.25. The van der Waals surface area contributed by atoms with Crippen molar-refractivity contribution in [2.24, 2.45) is 5.92 Å². The first-order valence-corrected chi connectivity index (χ1v) is 6.28. The Morgan fingerprint density at radius 2 is 2.50 bits per heavy atom. The molecular formula is C13H19N3O2. The summed E-state index contributed by atoms with van der Waals surface area (Å²) in [4.78, 5) is 18.2. The van der Waals surface area contributed by atoms with Crippen molar-refractivity contribution in [3.63, 3.8) is 0 Å². The number of hydrogen-bond donors (Lipinski definition) is 2. The van der Waals surface area contributed by atoms with Gasteiger partial charge in [-0.3, -0.25) is 9.78 Å². The maximum absolute atomic E-state index is 12.4. The molecule has 2 N–H and O–H groups in total. The molecule has 0 aliphatic carbocycles. The van der Waals surface area contributed by atoms with Gasteiger partial charge in [-0.05, 0) is 24.8 Å². The number of nitrogens with one attached hydrogen (secondary N) is 1. The minimum Gasteiger partial charge on any atom is -0.396 e. The molecule has 0 bridgehead atoms. The number of aliphatic hydroxyl groups is 1. The Morgan fingerprint density at radius 1 is 1.67 bits per heavy atom. The van der Waals surface area contributed by atoms with Gasteiger partial charge in [0.15, 0.2) is 0 Å². The number of pyridine rings is 1. The van der Waals surface area contributed by atoms with E-state index in [-0.39, 0.29) is 18.4 Å². The van der Waals surface area contributed by atoms with Crippen LogP contribution in [-0.2, 0) is 0 Å². The Labute approximate surface area is 107 Å². The number of hydrogen-bond acceptors (Lipinski definition) is 4. The smallest absolute Gasteiger partial charge is 0.256 e. The minimum atomic E-state index is 0.0138. The first kappa shape index (κ1) is 12.8. The molecule has 0 radical (unpaired) electrons. The van der Waals surface area contributed by atoms with E-state index < -0.39 is 0 Å². The molecule has 18 heavy (non-hydrogen) atoms. The quantitative estimate of drug-likeness (QED) is 0.837. The molecule has 0 saturated carbocycles. The zero-order valence-electron chi connectivity index (χ0n) is 10.6. The van der Waals surface area contributed by atoms with Gasteiger partial charge in [0.1, 0.15) is 0 Å². The maximum atomic E-state index is 12.4. The van der Waals surface area contributed by atoms with Crippen molar-refractivity contribution >= 4 is 11.6 Å². The fourth-order valence-corrected chi connectivity index (χ4v) is 2.35.